The number of nitrogens with one attached hydrogen (secondary N) is 1. The number of primary amides is 1. The number of hydrogen-bond acceptors (Lipinski definition) is 3. The maximum atomic E-state index is 12.5. The number of fused-ring (bicyclic) bond motifs is 1. The van der Waals surface area contributed by atoms with Crippen LogP contribution >= 0.6 is 33.9 Å². The zero-order valence-corrected chi connectivity index (χ0v) is 15.7. The number of benzene rings is 1. The Kier molecular flexibility index (Phi) is 4.72. The van der Waals surface area contributed by atoms with Crippen LogP contribution in [0, 0.1) is 9.49 Å². The summed E-state index contributed by atoms with van der Waals surface area (Å²) in [7, 11) is 0. The van der Waals surface area contributed by atoms with E-state index in [2.05, 4.69) is 34.8 Å². The summed E-state index contributed by atoms with van der Waals surface area (Å²) in [5.74, 6) is -0.0752. The predicted octanol–water partition coefficient (Wildman–Crippen LogP) is 3.83. The van der Waals surface area contributed by atoms with Crippen LogP contribution in [0.1, 0.15) is 44.5 Å². The third kappa shape index (κ3) is 3.42. The van der Waals surface area contributed by atoms with E-state index in [4.69, 9.17) is 5.73 Å². The lowest BCUT2D eigenvalue weighted by atomic mass is 9.88. The molecular formula is C17H17IN2O2S. The van der Waals surface area contributed by atoms with E-state index in [0.717, 1.165) is 28.4 Å². The Hall–Kier alpha value is -1.41. The molecule has 0 spiro atoms. The van der Waals surface area contributed by atoms with Gasteiger partial charge in [0, 0.05) is 14.0 Å². The van der Waals surface area contributed by atoms with Crippen molar-refractivity contribution in [2.45, 2.75) is 26.2 Å². The van der Waals surface area contributed by atoms with Gasteiger partial charge in [0.05, 0.1) is 5.56 Å². The normalized spacial score (nSPS) is 16.7. The van der Waals surface area contributed by atoms with Gasteiger partial charge < -0.3 is 11.1 Å². The number of carbonyl (C=O) groups is 2. The second-order valence-corrected chi connectivity index (χ2v) is 8.24. The van der Waals surface area contributed by atoms with Crippen molar-refractivity contribution in [3.8, 4) is 0 Å². The first kappa shape index (κ1) is 16.4. The Labute approximate surface area is 152 Å². The van der Waals surface area contributed by atoms with Gasteiger partial charge in [0.1, 0.15) is 5.00 Å². The summed E-state index contributed by atoms with van der Waals surface area (Å²) in [6, 6.07) is 7.34. The number of nitrogens with two attached hydrogens (primary N) is 1. The highest BCUT2D eigenvalue weighted by atomic mass is 127. The van der Waals surface area contributed by atoms with Crippen LogP contribution in [0.25, 0.3) is 0 Å². The number of halogens is 1. The van der Waals surface area contributed by atoms with Gasteiger partial charge in [-0.2, -0.15) is 0 Å². The second kappa shape index (κ2) is 6.60. The Morgan fingerprint density at radius 2 is 2.17 bits per heavy atom. The molecule has 1 atom stereocenters. The fourth-order valence-electron chi connectivity index (χ4n) is 2.90. The summed E-state index contributed by atoms with van der Waals surface area (Å²) in [6.45, 7) is 2.21. The molecule has 120 valence electrons. The van der Waals surface area contributed by atoms with Crippen LogP contribution in [0.3, 0.4) is 0 Å². The Balaban J connectivity index is 1.94. The number of thiophene rings is 1. The largest absolute Gasteiger partial charge is 0.365 e. The molecule has 1 aliphatic rings. The standard InChI is InChI=1S/C17H17IN2O2S/c1-9-5-6-12-13(7-9)23-17(14(12)15(19)21)20-16(22)10-3-2-4-11(18)8-10/h2-4,8-9H,5-7H2,1H3,(H2,19,21)(H,20,22)/t9-/m0/s1. The molecule has 6 heteroatoms. The maximum absolute atomic E-state index is 12.5. The summed E-state index contributed by atoms with van der Waals surface area (Å²) >= 11 is 3.65. The van der Waals surface area contributed by atoms with Gasteiger partial charge in [0.15, 0.2) is 0 Å². The van der Waals surface area contributed by atoms with Gasteiger partial charge in [0.2, 0.25) is 0 Å². The lowest BCUT2D eigenvalue weighted by molar-refractivity contribution is 0.1000. The third-order valence-corrected chi connectivity index (χ3v) is 5.91. The molecule has 0 fully saturated rings. The summed E-state index contributed by atoms with van der Waals surface area (Å²) in [4.78, 5) is 25.5. The van der Waals surface area contributed by atoms with Crippen LogP contribution in [-0.2, 0) is 12.8 Å². The van der Waals surface area contributed by atoms with Gasteiger partial charge in [-0.25, -0.2) is 0 Å². The first-order chi connectivity index (χ1) is 11.0. The predicted molar refractivity (Wildman–Crippen MR) is 101 cm³/mol. The fraction of sp³-hybridized carbons (Fsp3) is 0.294. The summed E-state index contributed by atoms with van der Waals surface area (Å²) < 4.78 is 0.990. The minimum absolute atomic E-state index is 0.210. The van der Waals surface area contributed by atoms with Crippen molar-refractivity contribution in [1.82, 2.24) is 0 Å². The van der Waals surface area contributed by atoms with Gasteiger partial charge >= 0.3 is 0 Å². The van der Waals surface area contributed by atoms with Crippen LogP contribution < -0.4 is 11.1 Å². The molecule has 1 aromatic carbocycles. The van der Waals surface area contributed by atoms with E-state index in [1.165, 1.54) is 16.2 Å². The van der Waals surface area contributed by atoms with E-state index in [1.54, 1.807) is 6.07 Å². The van der Waals surface area contributed by atoms with E-state index in [1.807, 2.05) is 18.2 Å². The lowest BCUT2D eigenvalue weighted by Gasteiger charge is -2.18. The molecule has 2 aromatic rings. The molecule has 1 aliphatic carbocycles. The lowest BCUT2D eigenvalue weighted by Crippen LogP contribution is -2.19. The fourth-order valence-corrected chi connectivity index (χ4v) is 4.86. The summed E-state index contributed by atoms with van der Waals surface area (Å²) in [6.07, 6.45) is 2.85. The van der Waals surface area contributed by atoms with Crippen LogP contribution in [0.2, 0.25) is 0 Å². The zero-order valence-electron chi connectivity index (χ0n) is 12.7. The molecule has 0 saturated carbocycles. The molecule has 0 saturated heterocycles. The Morgan fingerprint density at radius 3 is 2.87 bits per heavy atom. The van der Waals surface area contributed by atoms with Crippen molar-refractivity contribution in [2.75, 3.05) is 5.32 Å². The molecule has 4 nitrogen and oxygen atoms in total. The van der Waals surface area contributed by atoms with Crippen molar-refractivity contribution in [3.63, 3.8) is 0 Å². The molecule has 0 unspecified atom stereocenters. The number of anilines is 1. The summed E-state index contributed by atoms with van der Waals surface area (Å²) in [5.41, 5.74) is 7.67. The molecule has 1 aromatic heterocycles. The van der Waals surface area contributed by atoms with E-state index < -0.39 is 5.91 Å². The molecule has 3 N–H and O–H groups in total. The molecule has 2 amide bonds. The number of hydrogen-bond donors (Lipinski definition) is 2. The van der Waals surface area contributed by atoms with Gasteiger partial charge in [-0.1, -0.05) is 13.0 Å². The SMILES string of the molecule is C[C@H]1CCc2c(sc(NC(=O)c3cccc(I)c3)c2C(N)=O)C1. The van der Waals surface area contributed by atoms with Crippen LogP contribution in [0.15, 0.2) is 24.3 Å². The van der Waals surface area contributed by atoms with Crippen molar-refractivity contribution in [2.24, 2.45) is 11.7 Å². The maximum Gasteiger partial charge on any atom is 0.256 e. The molecule has 0 bridgehead atoms. The first-order valence-corrected chi connectivity index (χ1v) is 9.36. The van der Waals surface area contributed by atoms with Crippen molar-refractivity contribution < 1.29 is 9.59 Å². The van der Waals surface area contributed by atoms with E-state index >= 15 is 0 Å². The monoisotopic (exact) mass is 440 g/mol. The van der Waals surface area contributed by atoms with Gasteiger partial charge in [-0.3, -0.25) is 9.59 Å². The summed E-state index contributed by atoms with van der Waals surface area (Å²) in [5, 5.41) is 3.47. The highest BCUT2D eigenvalue weighted by molar-refractivity contribution is 14.1. The number of amides is 2. The topological polar surface area (TPSA) is 72.2 Å². The third-order valence-electron chi connectivity index (χ3n) is 4.07. The van der Waals surface area contributed by atoms with E-state index in [-0.39, 0.29) is 5.91 Å². The smallest absolute Gasteiger partial charge is 0.256 e. The second-order valence-electron chi connectivity index (χ2n) is 5.88. The molecule has 3 rings (SSSR count). The first-order valence-electron chi connectivity index (χ1n) is 7.47. The Morgan fingerprint density at radius 1 is 1.39 bits per heavy atom. The Bertz CT molecular complexity index is 785. The molecular weight excluding hydrogens is 423 g/mol. The molecule has 1 heterocycles. The quantitative estimate of drug-likeness (QED) is 0.713. The van der Waals surface area contributed by atoms with Gasteiger partial charge in [-0.15, -0.1) is 11.3 Å². The van der Waals surface area contributed by atoms with Crippen molar-refractivity contribution >= 4 is 50.7 Å². The molecule has 23 heavy (non-hydrogen) atoms. The highest BCUT2D eigenvalue weighted by Crippen LogP contribution is 2.39. The number of rotatable bonds is 3. The molecule has 0 aliphatic heterocycles. The average molecular weight is 440 g/mol. The van der Waals surface area contributed by atoms with Crippen LogP contribution in [0.5, 0.6) is 0 Å². The van der Waals surface area contributed by atoms with Gasteiger partial charge in [-0.05, 0) is 71.5 Å². The molecule has 0 radical (unpaired) electrons. The minimum Gasteiger partial charge on any atom is -0.365 e. The van der Waals surface area contributed by atoms with Crippen molar-refractivity contribution in [1.29, 1.82) is 0 Å². The highest BCUT2D eigenvalue weighted by Gasteiger charge is 2.27. The van der Waals surface area contributed by atoms with Crippen LogP contribution in [-0.4, -0.2) is 11.8 Å². The number of carbonyl (C=O) groups excluding carboxylic acids is 2. The van der Waals surface area contributed by atoms with Gasteiger partial charge in [0.25, 0.3) is 11.8 Å². The zero-order chi connectivity index (χ0) is 16.6. The van der Waals surface area contributed by atoms with E-state index in [9.17, 15) is 9.59 Å². The van der Waals surface area contributed by atoms with Crippen LogP contribution in [0.4, 0.5) is 5.00 Å². The van der Waals surface area contributed by atoms with E-state index in [0.29, 0.717) is 22.0 Å². The van der Waals surface area contributed by atoms with Crippen molar-refractivity contribution in [3.05, 3.63) is 49.4 Å². The minimum atomic E-state index is -0.463. The average Bonchev–Trinajstić information content (AvgIpc) is 2.84.